The minimum atomic E-state index is -0.732. The second-order valence-corrected chi connectivity index (χ2v) is 12.6. The molecule has 2 aromatic carbocycles. The third-order valence-corrected chi connectivity index (χ3v) is 10.1. The van der Waals surface area contributed by atoms with Crippen LogP contribution in [0.25, 0.3) is 32.1 Å². The highest BCUT2D eigenvalue weighted by Gasteiger charge is 2.34. The molecule has 2 aromatic heterocycles. The monoisotopic (exact) mass is 625 g/mol. The third kappa shape index (κ3) is 4.70. The molecule has 2 atom stereocenters. The molecule has 9 nitrogen and oxygen atoms in total. The minimum Gasteiger partial charge on any atom is -0.489 e. The van der Waals surface area contributed by atoms with E-state index < -0.39 is 11.6 Å². The first-order chi connectivity index (χ1) is 20.9. The van der Waals surface area contributed by atoms with Crippen LogP contribution in [0.3, 0.4) is 0 Å². The zero-order valence-corrected chi connectivity index (χ0v) is 25.1. The van der Waals surface area contributed by atoms with E-state index in [-0.39, 0.29) is 72.8 Å². The smallest absolute Gasteiger partial charge is 0.319 e. The van der Waals surface area contributed by atoms with Gasteiger partial charge in [0, 0.05) is 30.1 Å². The van der Waals surface area contributed by atoms with Crippen LogP contribution in [-0.4, -0.2) is 73.4 Å². The number of thiophene rings is 1. The summed E-state index contributed by atoms with van der Waals surface area (Å²) >= 11 is 7.91. The Bertz CT molecular complexity index is 1790. The van der Waals surface area contributed by atoms with Crippen LogP contribution in [0.4, 0.5) is 19.6 Å². The molecular weight excluding hydrogens is 596 g/mol. The van der Waals surface area contributed by atoms with Gasteiger partial charge in [-0.25, -0.2) is 8.78 Å². The number of nitrogens with two attached hydrogens (primary N) is 1. The van der Waals surface area contributed by atoms with E-state index in [1.807, 2.05) is 11.0 Å². The molecule has 0 spiro atoms. The zero-order valence-electron chi connectivity index (χ0n) is 23.6. The van der Waals surface area contributed by atoms with Crippen LogP contribution in [0.2, 0.25) is 5.02 Å². The molecular formula is C30H30ClF2N7O2S. The molecule has 2 bridgehead atoms. The Morgan fingerprint density at radius 3 is 2.79 bits per heavy atom. The number of hydrogen-bond donors (Lipinski definition) is 2. The van der Waals surface area contributed by atoms with Gasteiger partial charge in [-0.1, -0.05) is 17.7 Å². The second kappa shape index (κ2) is 11.2. The standard InChI is InChI=1S/C30H30ClF2N7O2S/c1-39-10-3-4-18(39)19-5-2-8-36-9-11-40-12-13-41-26-22-25(37-30(42-19)38-29(22)40)24(33)21(23(26)31)15-6-7-17(32)27-20(15)16(14-34)28(35)43-27/h6-7,18-19,36H,2-5,8-13,35H2,1H3/t18-,19?/m0/s1. The Hall–Kier alpha value is -3.50. The maximum atomic E-state index is 17.0. The number of nitrogens with one attached hydrogen (secondary N) is 1. The van der Waals surface area contributed by atoms with Crippen molar-refractivity contribution in [1.29, 1.82) is 5.26 Å². The molecule has 0 saturated carbocycles. The molecule has 4 aromatic rings. The number of fused-ring (bicyclic) bond motifs is 2. The maximum absolute atomic E-state index is 17.0. The fourth-order valence-corrected chi connectivity index (χ4v) is 7.90. The first-order valence-corrected chi connectivity index (χ1v) is 15.7. The highest BCUT2D eigenvalue weighted by Crippen LogP contribution is 2.50. The molecule has 7 rings (SSSR count). The summed E-state index contributed by atoms with van der Waals surface area (Å²) in [5, 5.41) is 14.1. The van der Waals surface area contributed by atoms with Crippen molar-refractivity contribution in [3.63, 3.8) is 0 Å². The van der Waals surface area contributed by atoms with Crippen LogP contribution in [0.5, 0.6) is 11.8 Å². The predicted molar refractivity (Wildman–Crippen MR) is 164 cm³/mol. The average Bonchev–Trinajstić information content (AvgIpc) is 3.51. The van der Waals surface area contributed by atoms with Gasteiger partial charge in [0.05, 0.1) is 27.2 Å². The Morgan fingerprint density at radius 1 is 1.14 bits per heavy atom. The number of halogens is 3. The number of likely N-dealkylation sites (tertiary alicyclic amines) is 1. The molecule has 0 aliphatic carbocycles. The van der Waals surface area contributed by atoms with E-state index in [9.17, 15) is 9.65 Å². The molecule has 1 unspecified atom stereocenters. The van der Waals surface area contributed by atoms with Crippen LogP contribution < -0.4 is 25.4 Å². The lowest BCUT2D eigenvalue weighted by Gasteiger charge is -2.30. The van der Waals surface area contributed by atoms with Gasteiger partial charge in [0.25, 0.3) is 0 Å². The molecule has 224 valence electrons. The van der Waals surface area contributed by atoms with Crippen LogP contribution in [0, 0.1) is 23.0 Å². The normalized spacial score (nSPS) is 21.2. The van der Waals surface area contributed by atoms with Gasteiger partial charge >= 0.3 is 6.01 Å². The Morgan fingerprint density at radius 2 is 2.00 bits per heavy atom. The number of rotatable bonds is 2. The van der Waals surface area contributed by atoms with Crippen molar-refractivity contribution in [2.75, 3.05) is 57.0 Å². The fourth-order valence-electron chi connectivity index (χ4n) is 6.62. The predicted octanol–water partition coefficient (Wildman–Crippen LogP) is 5.32. The van der Waals surface area contributed by atoms with Crippen LogP contribution in [0.15, 0.2) is 12.1 Å². The van der Waals surface area contributed by atoms with Gasteiger partial charge in [-0.3, -0.25) is 4.90 Å². The summed E-state index contributed by atoms with van der Waals surface area (Å²) in [6, 6.07) is 4.98. The number of nitrogens with zero attached hydrogens (tertiary/aromatic N) is 5. The van der Waals surface area contributed by atoms with Crippen molar-refractivity contribution in [3.05, 3.63) is 34.4 Å². The highest BCUT2D eigenvalue weighted by molar-refractivity contribution is 7.23. The van der Waals surface area contributed by atoms with Crippen molar-refractivity contribution in [3.8, 4) is 29.0 Å². The van der Waals surface area contributed by atoms with Crippen molar-refractivity contribution >= 4 is 54.7 Å². The quantitative estimate of drug-likeness (QED) is 0.306. The first-order valence-electron chi connectivity index (χ1n) is 14.5. The summed E-state index contributed by atoms with van der Waals surface area (Å²) in [5.41, 5.74) is 6.33. The van der Waals surface area contributed by atoms with Crippen molar-refractivity contribution in [1.82, 2.24) is 20.2 Å². The SMILES string of the molecule is CN1CCC[C@H]1C1CCCNCCN2CCOc3c(Cl)c(-c4ccc(F)c5sc(N)c(C#N)c45)c(F)c4nc(nc2c34)O1. The van der Waals surface area contributed by atoms with Crippen LogP contribution in [0.1, 0.15) is 31.2 Å². The molecule has 3 aliphatic heterocycles. The summed E-state index contributed by atoms with van der Waals surface area (Å²) in [5.74, 6) is -0.562. The summed E-state index contributed by atoms with van der Waals surface area (Å²) in [6.07, 6.45) is 3.63. The van der Waals surface area contributed by atoms with Gasteiger partial charge in [-0.05, 0) is 57.5 Å². The first kappa shape index (κ1) is 28.3. The van der Waals surface area contributed by atoms with Gasteiger partial charge in [0.15, 0.2) is 11.6 Å². The number of benzene rings is 2. The van der Waals surface area contributed by atoms with E-state index in [0.29, 0.717) is 30.8 Å². The second-order valence-electron chi connectivity index (χ2n) is 11.2. The van der Waals surface area contributed by atoms with E-state index in [0.717, 1.165) is 50.1 Å². The van der Waals surface area contributed by atoms with E-state index >= 15 is 4.39 Å². The molecule has 13 heteroatoms. The number of hydrogen-bond acceptors (Lipinski definition) is 10. The average molecular weight is 626 g/mol. The molecule has 43 heavy (non-hydrogen) atoms. The van der Waals surface area contributed by atoms with Gasteiger partial charge in [-0.15, -0.1) is 11.3 Å². The maximum Gasteiger partial charge on any atom is 0.319 e. The minimum absolute atomic E-state index is 0.00311. The molecule has 3 N–H and O–H groups in total. The van der Waals surface area contributed by atoms with Crippen molar-refractivity contribution in [2.24, 2.45) is 0 Å². The van der Waals surface area contributed by atoms with Gasteiger partial charge in [-0.2, -0.15) is 15.2 Å². The topological polar surface area (TPSA) is 113 Å². The summed E-state index contributed by atoms with van der Waals surface area (Å²) < 4.78 is 44.7. The zero-order chi connectivity index (χ0) is 29.8. The molecule has 1 saturated heterocycles. The summed E-state index contributed by atoms with van der Waals surface area (Å²) in [6.45, 7) is 3.93. The lowest BCUT2D eigenvalue weighted by molar-refractivity contribution is 0.0889. The Labute approximate surface area is 256 Å². The number of nitrogen functional groups attached to an aromatic ring is 1. The third-order valence-electron chi connectivity index (χ3n) is 8.71. The van der Waals surface area contributed by atoms with Crippen molar-refractivity contribution in [2.45, 2.75) is 37.8 Å². The van der Waals surface area contributed by atoms with Gasteiger partial charge in [0.1, 0.15) is 40.9 Å². The van der Waals surface area contributed by atoms with Crippen LogP contribution >= 0.6 is 22.9 Å². The number of likely N-dealkylation sites (N-methyl/N-ethyl adjacent to an activating group) is 1. The highest BCUT2D eigenvalue weighted by atomic mass is 35.5. The molecule has 1 fully saturated rings. The van der Waals surface area contributed by atoms with E-state index in [2.05, 4.69) is 22.2 Å². The molecule has 0 amide bonds. The van der Waals surface area contributed by atoms with E-state index in [4.69, 9.17) is 31.8 Å². The Balaban J connectivity index is 1.49. The fraction of sp³-hybridized carbons (Fsp3) is 0.433. The Kier molecular flexibility index (Phi) is 7.37. The molecule has 0 radical (unpaired) electrons. The van der Waals surface area contributed by atoms with E-state index in [1.54, 1.807) is 0 Å². The number of ether oxygens (including phenoxy) is 2. The summed E-state index contributed by atoms with van der Waals surface area (Å²) in [7, 11) is 2.10. The van der Waals surface area contributed by atoms with Gasteiger partial charge < -0.3 is 25.4 Å². The summed E-state index contributed by atoms with van der Waals surface area (Å²) in [4.78, 5) is 13.8. The van der Waals surface area contributed by atoms with Gasteiger partial charge in [0.2, 0.25) is 0 Å². The number of nitriles is 1. The number of aromatic nitrogens is 2. The largest absolute Gasteiger partial charge is 0.489 e. The van der Waals surface area contributed by atoms with E-state index in [1.165, 1.54) is 12.1 Å². The molecule has 5 heterocycles. The lowest BCUT2D eigenvalue weighted by atomic mass is 9.96. The van der Waals surface area contributed by atoms with Crippen LogP contribution in [-0.2, 0) is 0 Å². The molecule has 3 aliphatic rings. The lowest BCUT2D eigenvalue weighted by Crippen LogP contribution is -2.41. The van der Waals surface area contributed by atoms with Crippen molar-refractivity contribution < 1.29 is 18.3 Å². The number of anilines is 2.